The number of rotatable bonds is 7. The number of aliphatic imine (C=N–C) groups is 1. The van der Waals surface area contributed by atoms with Crippen molar-refractivity contribution in [1.29, 1.82) is 0 Å². The molecule has 1 saturated heterocycles. The molecule has 0 aromatic heterocycles. The molecule has 0 radical (unpaired) electrons. The van der Waals surface area contributed by atoms with E-state index in [-0.39, 0.29) is 0 Å². The van der Waals surface area contributed by atoms with Crippen LogP contribution in [0.25, 0.3) is 0 Å². The molecule has 0 bridgehead atoms. The van der Waals surface area contributed by atoms with Crippen LogP contribution in [-0.2, 0) is 13.1 Å². The maximum atomic E-state index is 4.41. The molecule has 0 aliphatic carbocycles. The Hall–Kier alpha value is -1.59. The summed E-state index contributed by atoms with van der Waals surface area (Å²) in [5, 5.41) is 7.09. The molecular formula is C20H35N5. The Kier molecular flexibility index (Phi) is 8.22. The van der Waals surface area contributed by atoms with Crippen LogP contribution in [0.5, 0.6) is 0 Å². The van der Waals surface area contributed by atoms with E-state index in [4.69, 9.17) is 0 Å². The zero-order valence-electron chi connectivity index (χ0n) is 16.4. The summed E-state index contributed by atoms with van der Waals surface area (Å²) >= 11 is 0. The molecule has 2 N–H and O–H groups in total. The van der Waals surface area contributed by atoms with E-state index in [0.29, 0.717) is 6.04 Å². The summed E-state index contributed by atoms with van der Waals surface area (Å²) in [4.78, 5) is 9.18. The lowest BCUT2D eigenvalue weighted by molar-refractivity contribution is 0.206. The Bertz CT molecular complexity index is 533. The molecule has 1 aromatic rings. The van der Waals surface area contributed by atoms with Gasteiger partial charge in [-0.2, -0.15) is 0 Å². The molecule has 2 rings (SSSR count). The molecule has 0 unspecified atom stereocenters. The lowest BCUT2D eigenvalue weighted by atomic mass is 10.1. The van der Waals surface area contributed by atoms with Crippen molar-refractivity contribution >= 4 is 5.96 Å². The summed E-state index contributed by atoms with van der Waals surface area (Å²) in [6.07, 6.45) is 3.63. The molecule has 1 aliphatic rings. The first-order valence-electron chi connectivity index (χ1n) is 9.53. The highest BCUT2D eigenvalue weighted by Crippen LogP contribution is 2.12. The van der Waals surface area contributed by atoms with Gasteiger partial charge in [-0.1, -0.05) is 31.2 Å². The van der Waals surface area contributed by atoms with Gasteiger partial charge in [-0.15, -0.1) is 0 Å². The third-order valence-electron chi connectivity index (χ3n) is 4.74. The standard InChI is InChI=1S/C20H35N5/c1-5-12-25-13-10-19(11-14-25)23-20(21-2)22-15-17-8-6-7-9-18(17)16-24(3)4/h6-9,19H,5,10-16H2,1-4H3,(H2,21,22,23). The van der Waals surface area contributed by atoms with Gasteiger partial charge in [0.15, 0.2) is 5.96 Å². The third-order valence-corrected chi connectivity index (χ3v) is 4.74. The molecule has 25 heavy (non-hydrogen) atoms. The maximum Gasteiger partial charge on any atom is 0.191 e. The molecule has 0 amide bonds. The van der Waals surface area contributed by atoms with Crippen LogP contribution in [0.1, 0.15) is 37.3 Å². The quantitative estimate of drug-likeness (QED) is 0.588. The van der Waals surface area contributed by atoms with Gasteiger partial charge in [0, 0.05) is 39.3 Å². The van der Waals surface area contributed by atoms with Crippen LogP contribution in [0, 0.1) is 0 Å². The highest BCUT2D eigenvalue weighted by molar-refractivity contribution is 5.80. The van der Waals surface area contributed by atoms with E-state index in [0.717, 1.165) is 19.0 Å². The Labute approximate surface area is 153 Å². The van der Waals surface area contributed by atoms with E-state index in [1.807, 2.05) is 7.05 Å². The van der Waals surface area contributed by atoms with Gasteiger partial charge in [0.1, 0.15) is 0 Å². The number of nitrogens with one attached hydrogen (secondary N) is 2. The first kappa shape index (κ1) is 19.7. The Morgan fingerprint density at radius 1 is 1.20 bits per heavy atom. The second-order valence-corrected chi connectivity index (χ2v) is 7.19. The minimum Gasteiger partial charge on any atom is -0.354 e. The van der Waals surface area contributed by atoms with Gasteiger partial charge in [0.05, 0.1) is 0 Å². The largest absolute Gasteiger partial charge is 0.354 e. The number of piperidine rings is 1. The van der Waals surface area contributed by atoms with Crippen LogP contribution in [0.2, 0.25) is 0 Å². The highest BCUT2D eigenvalue weighted by atomic mass is 15.2. The molecule has 0 atom stereocenters. The van der Waals surface area contributed by atoms with Gasteiger partial charge in [-0.25, -0.2) is 0 Å². The predicted octanol–water partition coefficient (Wildman–Crippen LogP) is 2.29. The van der Waals surface area contributed by atoms with Gasteiger partial charge in [0.2, 0.25) is 0 Å². The molecule has 140 valence electrons. The fraction of sp³-hybridized carbons (Fsp3) is 0.650. The predicted molar refractivity (Wildman–Crippen MR) is 107 cm³/mol. The van der Waals surface area contributed by atoms with Gasteiger partial charge >= 0.3 is 0 Å². The van der Waals surface area contributed by atoms with Crippen molar-refractivity contribution < 1.29 is 0 Å². The summed E-state index contributed by atoms with van der Waals surface area (Å²) in [5.41, 5.74) is 2.69. The van der Waals surface area contributed by atoms with Gasteiger partial charge in [-0.3, -0.25) is 4.99 Å². The van der Waals surface area contributed by atoms with Crippen molar-refractivity contribution in [3.63, 3.8) is 0 Å². The lowest BCUT2D eigenvalue weighted by Gasteiger charge is -2.32. The number of hydrogen-bond donors (Lipinski definition) is 2. The molecule has 1 heterocycles. The van der Waals surface area contributed by atoms with Gasteiger partial charge in [-0.05, 0) is 51.0 Å². The zero-order valence-corrected chi connectivity index (χ0v) is 16.4. The topological polar surface area (TPSA) is 42.9 Å². The fourth-order valence-electron chi connectivity index (χ4n) is 3.41. The van der Waals surface area contributed by atoms with Crippen molar-refractivity contribution in [2.24, 2.45) is 4.99 Å². The Morgan fingerprint density at radius 3 is 2.48 bits per heavy atom. The fourth-order valence-corrected chi connectivity index (χ4v) is 3.41. The van der Waals surface area contributed by atoms with Crippen molar-refractivity contribution in [3.8, 4) is 0 Å². The molecule has 5 heteroatoms. The SMILES string of the molecule is CCCN1CCC(NC(=NC)NCc2ccccc2CN(C)C)CC1. The molecule has 1 aromatic carbocycles. The number of benzene rings is 1. The minimum absolute atomic E-state index is 0.524. The monoisotopic (exact) mass is 345 g/mol. The normalized spacial score (nSPS) is 17.1. The highest BCUT2D eigenvalue weighted by Gasteiger charge is 2.19. The van der Waals surface area contributed by atoms with E-state index in [9.17, 15) is 0 Å². The molecule has 0 saturated carbocycles. The van der Waals surface area contributed by atoms with Crippen LogP contribution < -0.4 is 10.6 Å². The Morgan fingerprint density at radius 2 is 1.88 bits per heavy atom. The summed E-state index contributed by atoms with van der Waals surface area (Å²) in [5.74, 6) is 0.911. The first-order valence-corrected chi connectivity index (χ1v) is 9.53. The summed E-state index contributed by atoms with van der Waals surface area (Å²) in [7, 11) is 6.07. The van der Waals surface area contributed by atoms with Crippen LogP contribution in [-0.4, -0.2) is 62.6 Å². The summed E-state index contributed by atoms with van der Waals surface area (Å²) in [6, 6.07) is 9.14. The zero-order chi connectivity index (χ0) is 18.1. The third kappa shape index (κ3) is 6.67. The number of guanidine groups is 1. The second kappa shape index (κ2) is 10.4. The van der Waals surface area contributed by atoms with Gasteiger partial charge < -0.3 is 20.4 Å². The minimum atomic E-state index is 0.524. The number of likely N-dealkylation sites (tertiary alicyclic amines) is 1. The molecule has 1 aliphatic heterocycles. The van der Waals surface area contributed by atoms with Crippen LogP contribution in [0.15, 0.2) is 29.3 Å². The van der Waals surface area contributed by atoms with Crippen LogP contribution in [0.4, 0.5) is 0 Å². The van der Waals surface area contributed by atoms with Crippen LogP contribution >= 0.6 is 0 Å². The lowest BCUT2D eigenvalue weighted by Crippen LogP contribution is -2.48. The molecule has 1 fully saturated rings. The van der Waals surface area contributed by atoms with E-state index in [1.54, 1.807) is 0 Å². The second-order valence-electron chi connectivity index (χ2n) is 7.19. The summed E-state index contributed by atoms with van der Waals surface area (Å²) in [6.45, 7) is 7.62. The van der Waals surface area contributed by atoms with Crippen molar-refractivity contribution in [2.45, 2.75) is 45.3 Å². The maximum absolute atomic E-state index is 4.41. The van der Waals surface area contributed by atoms with E-state index < -0.39 is 0 Å². The van der Waals surface area contributed by atoms with E-state index in [2.05, 4.69) is 70.7 Å². The number of hydrogen-bond acceptors (Lipinski definition) is 3. The van der Waals surface area contributed by atoms with Gasteiger partial charge in [0.25, 0.3) is 0 Å². The average Bonchev–Trinajstić information content (AvgIpc) is 2.61. The molecule has 0 spiro atoms. The smallest absolute Gasteiger partial charge is 0.191 e. The molecule has 5 nitrogen and oxygen atoms in total. The Balaban J connectivity index is 1.83. The van der Waals surface area contributed by atoms with E-state index >= 15 is 0 Å². The average molecular weight is 346 g/mol. The van der Waals surface area contributed by atoms with Crippen molar-refractivity contribution in [2.75, 3.05) is 40.8 Å². The van der Waals surface area contributed by atoms with Crippen molar-refractivity contribution in [1.82, 2.24) is 20.4 Å². The summed E-state index contributed by atoms with van der Waals surface area (Å²) < 4.78 is 0. The van der Waals surface area contributed by atoms with Crippen molar-refractivity contribution in [3.05, 3.63) is 35.4 Å². The van der Waals surface area contributed by atoms with Crippen LogP contribution in [0.3, 0.4) is 0 Å². The number of nitrogens with zero attached hydrogens (tertiary/aromatic N) is 3. The molecular weight excluding hydrogens is 310 g/mol. The first-order chi connectivity index (χ1) is 12.1. The van der Waals surface area contributed by atoms with E-state index in [1.165, 1.54) is 50.0 Å².